The van der Waals surface area contributed by atoms with E-state index in [-0.39, 0.29) is 17.1 Å². The minimum absolute atomic E-state index is 0.0252. The molecule has 0 heterocycles. The van der Waals surface area contributed by atoms with Gasteiger partial charge in [0, 0.05) is 0 Å². The summed E-state index contributed by atoms with van der Waals surface area (Å²) in [5.74, 6) is -0.691. The monoisotopic (exact) mass is 304 g/mol. The van der Waals surface area contributed by atoms with E-state index in [0.29, 0.717) is 0 Å². The number of anilines is 1. The highest BCUT2D eigenvalue weighted by Crippen LogP contribution is 2.34. The lowest BCUT2D eigenvalue weighted by molar-refractivity contribution is -0.137. The molecule has 1 N–H and O–H groups in total. The van der Waals surface area contributed by atoms with Gasteiger partial charge in [0.2, 0.25) is 5.91 Å². The van der Waals surface area contributed by atoms with Crippen molar-refractivity contribution in [2.45, 2.75) is 26.4 Å². The summed E-state index contributed by atoms with van der Waals surface area (Å²) in [4.78, 5) is 11.9. The molecular formula is C13H12ClF3N2O. The van der Waals surface area contributed by atoms with Crippen LogP contribution in [0, 0.1) is 16.7 Å². The van der Waals surface area contributed by atoms with Crippen LogP contribution in [0.4, 0.5) is 18.9 Å². The molecule has 1 unspecified atom stereocenters. The van der Waals surface area contributed by atoms with Gasteiger partial charge in [0.15, 0.2) is 0 Å². The van der Waals surface area contributed by atoms with E-state index in [9.17, 15) is 18.0 Å². The van der Waals surface area contributed by atoms with Crippen molar-refractivity contribution in [2.24, 2.45) is 5.41 Å². The van der Waals surface area contributed by atoms with Crippen LogP contribution in [0.25, 0.3) is 0 Å². The molecule has 1 aromatic rings. The van der Waals surface area contributed by atoms with Gasteiger partial charge in [-0.2, -0.15) is 18.4 Å². The summed E-state index contributed by atoms with van der Waals surface area (Å²) < 4.78 is 37.8. The van der Waals surface area contributed by atoms with Crippen molar-refractivity contribution >= 4 is 23.2 Å². The molecule has 7 heteroatoms. The molecule has 108 valence electrons. The Labute approximate surface area is 119 Å². The molecule has 0 bridgehead atoms. The fourth-order valence-electron chi connectivity index (χ4n) is 1.35. The first-order valence-electron chi connectivity index (χ1n) is 5.73. The van der Waals surface area contributed by atoms with E-state index >= 15 is 0 Å². The highest BCUT2D eigenvalue weighted by Gasteiger charge is 2.34. The topological polar surface area (TPSA) is 52.9 Å². The van der Waals surface area contributed by atoms with E-state index in [4.69, 9.17) is 16.9 Å². The smallest absolute Gasteiger partial charge is 0.323 e. The summed E-state index contributed by atoms with van der Waals surface area (Å²) in [6, 6.07) is 4.45. The van der Waals surface area contributed by atoms with Crippen molar-refractivity contribution in [2.75, 3.05) is 5.32 Å². The summed E-state index contributed by atoms with van der Waals surface area (Å²) in [5, 5.41) is 11.2. The summed E-state index contributed by atoms with van der Waals surface area (Å²) in [7, 11) is 0. The lowest BCUT2D eigenvalue weighted by atomic mass is 9.88. The predicted molar refractivity (Wildman–Crippen MR) is 69.1 cm³/mol. The quantitative estimate of drug-likeness (QED) is 0.908. The van der Waals surface area contributed by atoms with Gasteiger partial charge in [0.1, 0.15) is 5.41 Å². The van der Waals surface area contributed by atoms with E-state index in [2.05, 4.69) is 5.32 Å². The summed E-state index contributed by atoms with van der Waals surface area (Å²) >= 11 is 5.76. The zero-order valence-electron chi connectivity index (χ0n) is 10.8. The van der Waals surface area contributed by atoms with E-state index in [1.54, 1.807) is 6.92 Å². The molecule has 0 spiro atoms. The Bertz CT molecular complexity index is 566. The molecule has 0 aliphatic carbocycles. The number of carbonyl (C=O) groups excluding carboxylic acids is 1. The first-order valence-corrected chi connectivity index (χ1v) is 6.11. The minimum Gasteiger partial charge on any atom is -0.323 e. The number of amides is 1. The number of nitriles is 1. The van der Waals surface area contributed by atoms with Crippen LogP contribution >= 0.6 is 11.6 Å². The molecule has 1 aromatic carbocycles. The number of halogens is 4. The number of hydrogen-bond donors (Lipinski definition) is 1. The first kappa shape index (κ1) is 16.3. The van der Waals surface area contributed by atoms with Crippen LogP contribution in [0.5, 0.6) is 0 Å². The van der Waals surface area contributed by atoms with Gasteiger partial charge in [0.25, 0.3) is 0 Å². The number of nitrogens with one attached hydrogen (secondary N) is 1. The van der Waals surface area contributed by atoms with Crippen LogP contribution in [-0.2, 0) is 11.0 Å². The molecule has 0 aliphatic rings. The number of alkyl halides is 3. The Kier molecular flexibility index (Phi) is 4.66. The van der Waals surface area contributed by atoms with Crippen LogP contribution in [0.1, 0.15) is 25.8 Å². The molecule has 20 heavy (non-hydrogen) atoms. The van der Waals surface area contributed by atoms with Gasteiger partial charge in [-0.3, -0.25) is 4.79 Å². The molecule has 1 atom stereocenters. The Morgan fingerprint density at radius 2 is 2.05 bits per heavy atom. The van der Waals surface area contributed by atoms with E-state index in [1.807, 2.05) is 6.07 Å². The maximum Gasteiger partial charge on any atom is 0.416 e. The summed E-state index contributed by atoms with van der Waals surface area (Å²) in [6.45, 7) is 3.04. The Balaban J connectivity index is 3.10. The summed E-state index contributed by atoms with van der Waals surface area (Å²) in [6.07, 6.45) is -4.31. The average Bonchev–Trinajstić information content (AvgIpc) is 2.38. The van der Waals surface area contributed by atoms with Gasteiger partial charge in [-0.15, -0.1) is 0 Å². The van der Waals surface area contributed by atoms with Crippen molar-refractivity contribution in [1.82, 2.24) is 0 Å². The molecule has 3 nitrogen and oxygen atoms in total. The highest BCUT2D eigenvalue weighted by molar-refractivity contribution is 6.33. The van der Waals surface area contributed by atoms with Crippen molar-refractivity contribution < 1.29 is 18.0 Å². The average molecular weight is 305 g/mol. The predicted octanol–water partition coefficient (Wildman–Crippen LogP) is 4.24. The van der Waals surface area contributed by atoms with Crippen molar-refractivity contribution in [3.05, 3.63) is 28.8 Å². The number of benzene rings is 1. The van der Waals surface area contributed by atoms with Crippen LogP contribution in [0.3, 0.4) is 0 Å². The molecule has 1 amide bonds. The SMILES string of the molecule is CCC(C)(C#N)C(=O)Nc1cc(C(F)(F)F)ccc1Cl. The van der Waals surface area contributed by atoms with Gasteiger partial charge in [0.05, 0.1) is 22.3 Å². The Morgan fingerprint density at radius 3 is 2.50 bits per heavy atom. The highest BCUT2D eigenvalue weighted by atomic mass is 35.5. The second-order valence-electron chi connectivity index (χ2n) is 4.44. The van der Waals surface area contributed by atoms with E-state index < -0.39 is 23.1 Å². The van der Waals surface area contributed by atoms with Gasteiger partial charge < -0.3 is 5.32 Å². The van der Waals surface area contributed by atoms with Crippen LogP contribution < -0.4 is 5.32 Å². The molecule has 0 aromatic heterocycles. The maximum absolute atomic E-state index is 12.6. The lowest BCUT2D eigenvalue weighted by Crippen LogP contribution is -2.31. The third-order valence-electron chi connectivity index (χ3n) is 3.00. The lowest BCUT2D eigenvalue weighted by Gasteiger charge is -2.19. The summed E-state index contributed by atoms with van der Waals surface area (Å²) in [5.41, 5.74) is -2.41. The van der Waals surface area contributed by atoms with Crippen molar-refractivity contribution in [1.29, 1.82) is 5.26 Å². The molecule has 0 saturated heterocycles. The molecule has 0 aliphatic heterocycles. The Hall–Kier alpha value is -1.74. The molecule has 0 saturated carbocycles. The van der Waals surface area contributed by atoms with Gasteiger partial charge >= 0.3 is 6.18 Å². The maximum atomic E-state index is 12.6. The normalized spacial score (nSPS) is 14.2. The van der Waals surface area contributed by atoms with Gasteiger partial charge in [-0.25, -0.2) is 0 Å². The zero-order valence-corrected chi connectivity index (χ0v) is 11.6. The number of carbonyl (C=O) groups is 1. The second-order valence-corrected chi connectivity index (χ2v) is 4.85. The number of rotatable bonds is 3. The molecular weight excluding hydrogens is 293 g/mol. The van der Waals surface area contributed by atoms with Gasteiger partial charge in [-0.1, -0.05) is 18.5 Å². The zero-order chi connectivity index (χ0) is 15.6. The van der Waals surface area contributed by atoms with Crippen molar-refractivity contribution in [3.8, 4) is 6.07 Å². The van der Waals surface area contributed by atoms with Crippen molar-refractivity contribution in [3.63, 3.8) is 0 Å². The fraction of sp³-hybridized carbons (Fsp3) is 0.385. The standard InChI is InChI=1S/C13H12ClF3N2O/c1-3-12(2,7-18)11(20)19-10-6-8(13(15,16)17)4-5-9(10)14/h4-6H,3H2,1-2H3,(H,19,20). The number of hydrogen-bond acceptors (Lipinski definition) is 2. The fourth-order valence-corrected chi connectivity index (χ4v) is 1.51. The third kappa shape index (κ3) is 3.42. The second kappa shape index (κ2) is 5.71. The molecule has 0 radical (unpaired) electrons. The van der Waals surface area contributed by atoms with E-state index in [0.717, 1.165) is 18.2 Å². The van der Waals surface area contributed by atoms with E-state index in [1.165, 1.54) is 6.92 Å². The third-order valence-corrected chi connectivity index (χ3v) is 3.33. The van der Waals surface area contributed by atoms with Crippen LogP contribution in [-0.4, -0.2) is 5.91 Å². The van der Waals surface area contributed by atoms with Crippen LogP contribution in [0.2, 0.25) is 5.02 Å². The van der Waals surface area contributed by atoms with Gasteiger partial charge in [-0.05, 0) is 31.5 Å². The molecule has 1 rings (SSSR count). The van der Waals surface area contributed by atoms with Crippen LogP contribution in [0.15, 0.2) is 18.2 Å². The Morgan fingerprint density at radius 1 is 1.45 bits per heavy atom. The first-order chi connectivity index (χ1) is 9.14. The largest absolute Gasteiger partial charge is 0.416 e. The molecule has 0 fully saturated rings. The number of nitrogens with zero attached hydrogens (tertiary/aromatic N) is 1. The minimum atomic E-state index is -4.53.